The van der Waals surface area contributed by atoms with Crippen LogP contribution < -0.4 is 5.32 Å². The van der Waals surface area contributed by atoms with E-state index in [1.807, 2.05) is 13.8 Å². The maximum absolute atomic E-state index is 13.8. The van der Waals surface area contributed by atoms with Crippen LogP contribution in [0.25, 0.3) is 0 Å². The van der Waals surface area contributed by atoms with Gasteiger partial charge in [0.05, 0.1) is 5.69 Å². The molecule has 0 bridgehead atoms. The monoisotopic (exact) mass is 263 g/mol. The Morgan fingerprint density at radius 1 is 1.42 bits per heavy atom. The maximum Gasteiger partial charge on any atom is 0.227 e. The van der Waals surface area contributed by atoms with Crippen LogP contribution in [0.1, 0.15) is 32.3 Å². The van der Waals surface area contributed by atoms with Gasteiger partial charge in [-0.1, -0.05) is 25.7 Å². The van der Waals surface area contributed by atoms with Gasteiger partial charge in [0, 0.05) is 11.5 Å². The quantitative estimate of drug-likeness (QED) is 0.820. The Balaban J connectivity index is 2.83. The van der Waals surface area contributed by atoms with Crippen molar-refractivity contribution < 1.29 is 14.3 Å². The summed E-state index contributed by atoms with van der Waals surface area (Å²) in [5.74, 6) is 4.25. The van der Waals surface area contributed by atoms with E-state index in [1.54, 1.807) is 6.07 Å². The van der Waals surface area contributed by atoms with Crippen LogP contribution in [-0.2, 0) is 4.79 Å². The Hall–Kier alpha value is -1.86. The SMILES string of the molecule is CCC(CC)C(=O)Nc1ccc(C#CCO)cc1F. The molecule has 0 unspecified atom stereocenters. The summed E-state index contributed by atoms with van der Waals surface area (Å²) in [6.07, 6.45) is 1.45. The lowest BCUT2D eigenvalue weighted by molar-refractivity contribution is -0.120. The summed E-state index contributed by atoms with van der Waals surface area (Å²) in [5.41, 5.74) is 0.624. The highest BCUT2D eigenvalue weighted by Crippen LogP contribution is 2.18. The molecule has 0 heterocycles. The zero-order valence-corrected chi connectivity index (χ0v) is 11.2. The first-order valence-electron chi connectivity index (χ1n) is 6.32. The average Bonchev–Trinajstić information content (AvgIpc) is 2.40. The van der Waals surface area contributed by atoms with Crippen molar-refractivity contribution in [3.63, 3.8) is 0 Å². The highest BCUT2D eigenvalue weighted by molar-refractivity contribution is 5.92. The summed E-state index contributed by atoms with van der Waals surface area (Å²) in [6, 6.07) is 4.33. The molecule has 1 amide bonds. The Kier molecular flexibility index (Phi) is 6.04. The molecular formula is C15H18FNO2. The molecule has 0 aliphatic carbocycles. The minimum Gasteiger partial charge on any atom is -0.384 e. The second-order valence-corrected chi connectivity index (χ2v) is 4.16. The van der Waals surface area contributed by atoms with Crippen LogP contribution in [0, 0.1) is 23.6 Å². The first kappa shape index (κ1) is 15.2. The number of carbonyl (C=O) groups is 1. The smallest absolute Gasteiger partial charge is 0.227 e. The van der Waals surface area contributed by atoms with E-state index in [0.717, 1.165) is 12.8 Å². The summed E-state index contributed by atoms with van der Waals surface area (Å²) >= 11 is 0. The van der Waals surface area contributed by atoms with Gasteiger partial charge in [-0.2, -0.15) is 0 Å². The zero-order valence-electron chi connectivity index (χ0n) is 11.2. The van der Waals surface area contributed by atoms with Gasteiger partial charge in [-0.3, -0.25) is 4.79 Å². The van der Waals surface area contributed by atoms with E-state index in [1.165, 1.54) is 12.1 Å². The fourth-order valence-electron chi connectivity index (χ4n) is 1.73. The van der Waals surface area contributed by atoms with Crippen LogP contribution in [0.5, 0.6) is 0 Å². The predicted molar refractivity (Wildman–Crippen MR) is 73.1 cm³/mol. The summed E-state index contributed by atoms with van der Waals surface area (Å²) in [7, 11) is 0. The number of carbonyl (C=O) groups excluding carboxylic acids is 1. The molecule has 0 aromatic heterocycles. The zero-order chi connectivity index (χ0) is 14.3. The van der Waals surface area contributed by atoms with E-state index in [2.05, 4.69) is 17.2 Å². The summed E-state index contributed by atoms with van der Waals surface area (Å²) in [6.45, 7) is 3.59. The van der Waals surface area contributed by atoms with Gasteiger partial charge in [-0.25, -0.2) is 4.39 Å². The van der Waals surface area contributed by atoms with E-state index in [0.29, 0.717) is 5.56 Å². The van der Waals surface area contributed by atoms with Crippen LogP contribution in [0.2, 0.25) is 0 Å². The number of rotatable bonds is 4. The third kappa shape index (κ3) is 4.38. The van der Waals surface area contributed by atoms with Gasteiger partial charge in [-0.05, 0) is 31.0 Å². The maximum atomic E-state index is 13.8. The fourth-order valence-corrected chi connectivity index (χ4v) is 1.73. The second kappa shape index (κ2) is 7.55. The predicted octanol–water partition coefficient (Wildman–Crippen LogP) is 2.54. The number of halogens is 1. The third-order valence-electron chi connectivity index (χ3n) is 2.90. The molecule has 0 saturated heterocycles. The molecule has 1 aromatic rings. The molecule has 0 atom stereocenters. The number of anilines is 1. The van der Waals surface area contributed by atoms with Crippen molar-refractivity contribution in [3.8, 4) is 11.8 Å². The lowest BCUT2D eigenvalue weighted by atomic mass is 10.0. The normalized spacial score (nSPS) is 9.95. The molecule has 0 aliphatic rings. The van der Waals surface area contributed by atoms with Crippen molar-refractivity contribution in [3.05, 3.63) is 29.6 Å². The molecule has 0 fully saturated rings. The minimum absolute atomic E-state index is 0.103. The van der Waals surface area contributed by atoms with Gasteiger partial charge in [0.15, 0.2) is 0 Å². The number of aliphatic hydroxyl groups is 1. The minimum atomic E-state index is -0.524. The lowest BCUT2D eigenvalue weighted by Gasteiger charge is -2.13. The van der Waals surface area contributed by atoms with Crippen molar-refractivity contribution >= 4 is 11.6 Å². The summed E-state index contributed by atoms with van der Waals surface area (Å²) in [4.78, 5) is 11.8. The van der Waals surface area contributed by atoms with Crippen LogP contribution in [-0.4, -0.2) is 17.6 Å². The molecule has 4 heteroatoms. The van der Waals surface area contributed by atoms with Crippen molar-refractivity contribution in [2.45, 2.75) is 26.7 Å². The van der Waals surface area contributed by atoms with Gasteiger partial charge in [0.25, 0.3) is 0 Å². The topological polar surface area (TPSA) is 49.3 Å². The van der Waals surface area contributed by atoms with Crippen molar-refractivity contribution in [2.24, 2.45) is 5.92 Å². The van der Waals surface area contributed by atoms with E-state index in [4.69, 9.17) is 5.11 Å². The number of hydrogen-bond acceptors (Lipinski definition) is 2. The van der Waals surface area contributed by atoms with Gasteiger partial charge >= 0.3 is 0 Å². The number of amides is 1. The second-order valence-electron chi connectivity index (χ2n) is 4.16. The molecule has 1 rings (SSSR count). The van der Waals surface area contributed by atoms with Gasteiger partial charge in [-0.15, -0.1) is 0 Å². The van der Waals surface area contributed by atoms with Crippen LogP contribution in [0.3, 0.4) is 0 Å². The van der Waals surface area contributed by atoms with Crippen molar-refractivity contribution in [2.75, 3.05) is 11.9 Å². The molecule has 3 nitrogen and oxygen atoms in total. The molecule has 2 N–H and O–H groups in total. The Bertz CT molecular complexity index is 499. The van der Waals surface area contributed by atoms with Crippen LogP contribution in [0.4, 0.5) is 10.1 Å². The molecule has 0 saturated carbocycles. The number of nitrogens with one attached hydrogen (secondary N) is 1. The van der Waals surface area contributed by atoms with Crippen LogP contribution in [0.15, 0.2) is 18.2 Å². The average molecular weight is 263 g/mol. The molecule has 0 spiro atoms. The fraction of sp³-hybridized carbons (Fsp3) is 0.400. The largest absolute Gasteiger partial charge is 0.384 e. The molecule has 19 heavy (non-hydrogen) atoms. The number of benzene rings is 1. The Morgan fingerprint density at radius 2 is 2.11 bits per heavy atom. The van der Waals surface area contributed by atoms with Crippen molar-refractivity contribution in [1.29, 1.82) is 0 Å². The molecular weight excluding hydrogens is 245 g/mol. The van der Waals surface area contributed by atoms with Gasteiger partial charge in [0.1, 0.15) is 12.4 Å². The Morgan fingerprint density at radius 3 is 2.63 bits per heavy atom. The molecule has 0 aliphatic heterocycles. The molecule has 1 aromatic carbocycles. The number of aliphatic hydroxyl groups excluding tert-OH is 1. The van der Waals surface area contributed by atoms with E-state index in [9.17, 15) is 9.18 Å². The standard InChI is InChI=1S/C15H18FNO2/c1-3-12(4-2)15(19)17-14-8-7-11(6-5-9-18)10-13(14)16/h7-8,10,12,18H,3-4,9H2,1-2H3,(H,17,19). The highest BCUT2D eigenvalue weighted by atomic mass is 19.1. The van der Waals surface area contributed by atoms with Crippen LogP contribution >= 0.6 is 0 Å². The summed E-state index contributed by atoms with van der Waals surface area (Å²) < 4.78 is 13.8. The van der Waals surface area contributed by atoms with E-state index < -0.39 is 5.82 Å². The Labute approximate surface area is 112 Å². The first-order chi connectivity index (χ1) is 9.12. The summed E-state index contributed by atoms with van der Waals surface area (Å²) in [5, 5.41) is 11.1. The van der Waals surface area contributed by atoms with E-state index in [-0.39, 0.29) is 24.1 Å². The van der Waals surface area contributed by atoms with Gasteiger partial charge < -0.3 is 10.4 Å². The first-order valence-corrected chi connectivity index (χ1v) is 6.32. The third-order valence-corrected chi connectivity index (χ3v) is 2.90. The van der Waals surface area contributed by atoms with E-state index >= 15 is 0 Å². The molecule has 0 radical (unpaired) electrons. The number of hydrogen-bond donors (Lipinski definition) is 2. The van der Waals surface area contributed by atoms with Crippen molar-refractivity contribution in [1.82, 2.24) is 0 Å². The highest BCUT2D eigenvalue weighted by Gasteiger charge is 2.15. The molecule has 102 valence electrons. The lowest BCUT2D eigenvalue weighted by Crippen LogP contribution is -2.22. The van der Waals surface area contributed by atoms with Gasteiger partial charge in [0.2, 0.25) is 5.91 Å².